The molecular weight excluding hydrogens is 184 g/mol. The fourth-order valence-electron chi connectivity index (χ4n) is 1.22. The van der Waals surface area contributed by atoms with Gasteiger partial charge in [0.1, 0.15) is 0 Å². The maximum Gasteiger partial charge on any atom is 0.239 e. The zero-order chi connectivity index (χ0) is 8.23. The predicted octanol–water partition coefficient (Wildman–Crippen LogP) is 2.19. The molecule has 2 heteroatoms. The van der Waals surface area contributed by atoms with Crippen LogP contribution in [-0.2, 0) is 17.8 Å². The monoisotopic (exact) mass is 195 g/mol. The molecule has 0 saturated carbocycles. The van der Waals surface area contributed by atoms with Crippen molar-refractivity contribution >= 4 is 27.3 Å². The van der Waals surface area contributed by atoms with Crippen molar-refractivity contribution in [2.75, 3.05) is 11.5 Å². The second-order valence-corrected chi connectivity index (χ2v) is 5.37. The summed E-state index contributed by atoms with van der Waals surface area (Å²) in [6.07, 6.45) is 1.15. The lowest BCUT2D eigenvalue weighted by Crippen LogP contribution is -1.94. The first-order chi connectivity index (χ1) is 5.95. The third-order valence-electron chi connectivity index (χ3n) is 1.80. The van der Waals surface area contributed by atoms with Gasteiger partial charge in [0, 0.05) is 0 Å². The molecule has 62 valence electrons. The molecule has 2 rings (SSSR count). The van der Waals surface area contributed by atoms with Crippen LogP contribution in [0.25, 0.3) is 0 Å². The Bertz CT molecular complexity index is 277. The van der Waals surface area contributed by atoms with Gasteiger partial charge in [-0.3, -0.25) is 0 Å². The molecular formula is C10H11S2+. The molecule has 1 aliphatic heterocycles. The predicted molar refractivity (Wildman–Crippen MR) is 59.8 cm³/mol. The summed E-state index contributed by atoms with van der Waals surface area (Å²) in [5.74, 6) is 2.60. The highest BCUT2D eigenvalue weighted by Crippen LogP contribution is 2.14. The van der Waals surface area contributed by atoms with E-state index in [1.165, 1.54) is 17.1 Å². The summed E-state index contributed by atoms with van der Waals surface area (Å²) in [5, 5.41) is 0. The van der Waals surface area contributed by atoms with E-state index in [4.69, 9.17) is 0 Å². The summed E-state index contributed by atoms with van der Waals surface area (Å²) in [5.41, 5.74) is 1.44. The zero-order valence-corrected chi connectivity index (χ0v) is 8.46. The molecule has 0 nitrogen and oxygen atoms in total. The number of rotatable bonds is 2. The Labute approximate surface area is 81.3 Å². The molecule has 0 fully saturated rings. The molecule has 1 aliphatic rings. The largest absolute Gasteiger partial charge is 0.239 e. The van der Waals surface area contributed by atoms with Gasteiger partial charge in [-0.05, 0) is 5.56 Å². The number of thioether (sulfide) groups is 1. The first-order valence-electron chi connectivity index (χ1n) is 4.10. The summed E-state index contributed by atoms with van der Waals surface area (Å²) in [7, 11) is 0. The van der Waals surface area contributed by atoms with Crippen LogP contribution < -0.4 is 0 Å². The third kappa shape index (κ3) is 2.08. The van der Waals surface area contributed by atoms with Crippen molar-refractivity contribution in [1.82, 2.24) is 0 Å². The third-order valence-corrected chi connectivity index (χ3v) is 4.52. The van der Waals surface area contributed by atoms with Crippen LogP contribution in [0.4, 0.5) is 0 Å². The van der Waals surface area contributed by atoms with Crippen LogP contribution in [0.15, 0.2) is 30.3 Å². The van der Waals surface area contributed by atoms with E-state index in [0.717, 1.165) is 6.42 Å². The van der Waals surface area contributed by atoms with E-state index in [9.17, 15) is 0 Å². The van der Waals surface area contributed by atoms with Gasteiger partial charge in [-0.2, -0.15) is 0 Å². The first kappa shape index (κ1) is 8.27. The fraction of sp³-hybridized carbons (Fsp3) is 0.300. The van der Waals surface area contributed by atoms with Crippen LogP contribution in [-0.4, -0.2) is 15.7 Å². The Balaban J connectivity index is 2.04. The molecule has 1 aromatic rings. The average Bonchev–Trinajstić information content (AvgIpc) is 2.59. The molecule has 12 heavy (non-hydrogen) atoms. The van der Waals surface area contributed by atoms with E-state index < -0.39 is 0 Å². The van der Waals surface area contributed by atoms with Gasteiger partial charge in [0.05, 0.1) is 12.2 Å². The minimum atomic E-state index is 1.15. The Hall–Kier alpha value is -0.340. The van der Waals surface area contributed by atoms with Crippen molar-refractivity contribution in [3.05, 3.63) is 35.9 Å². The summed E-state index contributed by atoms with van der Waals surface area (Å²) in [6, 6.07) is 10.7. The van der Waals surface area contributed by atoms with Crippen LogP contribution in [0.5, 0.6) is 0 Å². The van der Waals surface area contributed by atoms with Crippen molar-refractivity contribution in [3.63, 3.8) is 0 Å². The molecule has 0 aromatic heterocycles. The molecule has 0 bridgehead atoms. The number of benzene rings is 1. The molecule has 0 unspecified atom stereocenters. The maximum absolute atomic E-state index is 2.20. The van der Waals surface area contributed by atoms with E-state index >= 15 is 0 Å². The van der Waals surface area contributed by atoms with Gasteiger partial charge in [-0.25, -0.2) is 0 Å². The van der Waals surface area contributed by atoms with Gasteiger partial charge in [0.2, 0.25) is 4.20 Å². The average molecular weight is 195 g/mol. The van der Waals surface area contributed by atoms with Crippen molar-refractivity contribution in [1.29, 1.82) is 0 Å². The van der Waals surface area contributed by atoms with Crippen molar-refractivity contribution in [2.45, 2.75) is 6.42 Å². The van der Waals surface area contributed by atoms with E-state index in [-0.39, 0.29) is 0 Å². The highest BCUT2D eigenvalue weighted by Gasteiger charge is 2.18. The Morgan fingerprint density at radius 3 is 2.75 bits per heavy atom. The van der Waals surface area contributed by atoms with Crippen molar-refractivity contribution in [2.24, 2.45) is 0 Å². The molecule has 0 radical (unpaired) electrons. The molecule has 0 atom stereocenters. The lowest BCUT2D eigenvalue weighted by atomic mass is 10.2. The Morgan fingerprint density at radius 2 is 2.08 bits per heavy atom. The molecule has 0 saturated heterocycles. The van der Waals surface area contributed by atoms with E-state index in [1.807, 2.05) is 23.1 Å². The van der Waals surface area contributed by atoms with Crippen LogP contribution >= 0.6 is 11.8 Å². The summed E-state index contributed by atoms with van der Waals surface area (Å²) < 4.78 is 1.58. The summed E-state index contributed by atoms with van der Waals surface area (Å²) in [6.45, 7) is 0. The molecule has 1 heterocycles. The van der Waals surface area contributed by atoms with Crippen LogP contribution in [0, 0.1) is 0 Å². The standard InChI is InChI=1S/C10H11S2/c1-2-4-9(5-3-1)8-10-11-6-7-12-10/h1-5H,6-8H2/q+1. The smallest absolute Gasteiger partial charge is 0.0640 e. The Kier molecular flexibility index (Phi) is 2.79. The minimum Gasteiger partial charge on any atom is -0.0640 e. The van der Waals surface area contributed by atoms with Crippen LogP contribution in [0.3, 0.4) is 0 Å². The first-order valence-corrected chi connectivity index (χ1v) is 6.07. The van der Waals surface area contributed by atoms with Gasteiger partial charge < -0.3 is 0 Å². The van der Waals surface area contributed by atoms with E-state index in [1.54, 1.807) is 4.20 Å². The molecule has 0 spiro atoms. The highest BCUT2D eigenvalue weighted by atomic mass is 32.2. The molecule has 1 aromatic carbocycles. The topological polar surface area (TPSA) is 0 Å². The second-order valence-electron chi connectivity index (χ2n) is 2.73. The SMILES string of the molecule is c1ccc(CC2=[S+]CCS2)cc1. The molecule has 0 N–H and O–H groups in total. The Morgan fingerprint density at radius 1 is 1.25 bits per heavy atom. The van der Waals surface area contributed by atoms with Gasteiger partial charge in [0.15, 0.2) is 17.1 Å². The quantitative estimate of drug-likeness (QED) is 0.515. The van der Waals surface area contributed by atoms with Gasteiger partial charge in [-0.15, -0.1) is 0 Å². The molecule has 0 amide bonds. The zero-order valence-electron chi connectivity index (χ0n) is 6.82. The van der Waals surface area contributed by atoms with Crippen molar-refractivity contribution < 1.29 is 0 Å². The van der Waals surface area contributed by atoms with Gasteiger partial charge in [0.25, 0.3) is 0 Å². The summed E-state index contributed by atoms with van der Waals surface area (Å²) >= 11 is 4.03. The number of hydrogen-bond acceptors (Lipinski definition) is 1. The van der Waals surface area contributed by atoms with Gasteiger partial charge in [-0.1, -0.05) is 42.1 Å². The minimum absolute atomic E-state index is 1.15. The van der Waals surface area contributed by atoms with Crippen LogP contribution in [0.2, 0.25) is 0 Å². The second kappa shape index (κ2) is 4.06. The van der Waals surface area contributed by atoms with Crippen LogP contribution in [0.1, 0.15) is 5.56 Å². The fourth-order valence-corrected chi connectivity index (χ4v) is 3.71. The van der Waals surface area contributed by atoms with E-state index in [0.29, 0.717) is 0 Å². The number of hydrogen-bond donors (Lipinski definition) is 0. The maximum atomic E-state index is 2.20. The summed E-state index contributed by atoms with van der Waals surface area (Å²) in [4.78, 5) is 0. The lowest BCUT2D eigenvalue weighted by Gasteiger charge is -1.93. The normalized spacial score (nSPS) is 16.2. The lowest BCUT2D eigenvalue weighted by molar-refractivity contribution is 1.38. The van der Waals surface area contributed by atoms with Crippen molar-refractivity contribution in [3.8, 4) is 0 Å². The van der Waals surface area contributed by atoms with Gasteiger partial charge >= 0.3 is 0 Å². The van der Waals surface area contributed by atoms with E-state index in [2.05, 4.69) is 30.3 Å². The highest BCUT2D eigenvalue weighted by molar-refractivity contribution is 8.24. The molecule has 0 aliphatic carbocycles.